The first-order chi connectivity index (χ1) is 8.61. The molecule has 0 aliphatic rings. The Bertz CT molecular complexity index is 577. The van der Waals surface area contributed by atoms with Crippen molar-refractivity contribution in [2.45, 2.75) is 26.8 Å². The molecular formula is C14H20ClN3O. The number of nitrogens with one attached hydrogen (secondary N) is 2. The van der Waals surface area contributed by atoms with Crippen molar-refractivity contribution in [1.29, 1.82) is 0 Å². The van der Waals surface area contributed by atoms with Crippen LogP contribution in [0.2, 0.25) is 0 Å². The number of hydrogen-bond donors (Lipinski definition) is 3. The quantitative estimate of drug-likeness (QED) is 0.804. The third-order valence-electron chi connectivity index (χ3n) is 3.23. The van der Waals surface area contributed by atoms with Crippen LogP contribution < -0.4 is 11.1 Å². The van der Waals surface area contributed by atoms with Crippen molar-refractivity contribution in [3.63, 3.8) is 0 Å². The molecule has 0 aliphatic heterocycles. The standard InChI is InChI=1S/C14H19N3O.ClH/c1-9-10(2)17-13-4-3-11(7-12(9)13)8-16-14(18)5-6-15;/h3-4,7,17H,5-6,8,15H2,1-2H3,(H,16,18);1H. The van der Waals surface area contributed by atoms with E-state index in [-0.39, 0.29) is 18.3 Å². The van der Waals surface area contributed by atoms with E-state index in [0.29, 0.717) is 19.5 Å². The molecule has 1 aromatic carbocycles. The van der Waals surface area contributed by atoms with E-state index < -0.39 is 0 Å². The molecule has 0 saturated heterocycles. The van der Waals surface area contributed by atoms with Gasteiger partial charge in [0.25, 0.3) is 0 Å². The number of rotatable bonds is 4. The molecule has 5 heteroatoms. The van der Waals surface area contributed by atoms with Crippen molar-refractivity contribution in [2.75, 3.05) is 6.54 Å². The summed E-state index contributed by atoms with van der Waals surface area (Å²) in [6.07, 6.45) is 0.379. The fourth-order valence-electron chi connectivity index (χ4n) is 2.04. The van der Waals surface area contributed by atoms with Gasteiger partial charge in [-0.1, -0.05) is 6.07 Å². The number of aromatic amines is 1. The lowest BCUT2D eigenvalue weighted by atomic mass is 10.1. The van der Waals surface area contributed by atoms with Crippen molar-refractivity contribution in [2.24, 2.45) is 5.73 Å². The first-order valence-electron chi connectivity index (χ1n) is 6.16. The highest BCUT2D eigenvalue weighted by molar-refractivity contribution is 5.85. The second-order valence-electron chi connectivity index (χ2n) is 4.57. The Morgan fingerprint density at radius 3 is 2.79 bits per heavy atom. The van der Waals surface area contributed by atoms with Crippen LogP contribution in [0.1, 0.15) is 23.2 Å². The summed E-state index contributed by atoms with van der Waals surface area (Å²) in [7, 11) is 0. The zero-order chi connectivity index (χ0) is 13.1. The minimum absolute atomic E-state index is 0. The predicted octanol–water partition coefficient (Wildman–Crippen LogP) is 2.17. The minimum Gasteiger partial charge on any atom is -0.358 e. The fraction of sp³-hybridized carbons (Fsp3) is 0.357. The highest BCUT2D eigenvalue weighted by Gasteiger charge is 2.05. The van der Waals surface area contributed by atoms with Crippen LogP contribution in [0.15, 0.2) is 18.2 Å². The van der Waals surface area contributed by atoms with Gasteiger partial charge < -0.3 is 16.0 Å². The van der Waals surface area contributed by atoms with Crippen LogP contribution in [0.3, 0.4) is 0 Å². The normalized spacial score (nSPS) is 10.3. The van der Waals surface area contributed by atoms with Crippen molar-refractivity contribution in [1.82, 2.24) is 10.3 Å². The molecule has 1 amide bonds. The van der Waals surface area contributed by atoms with E-state index in [0.717, 1.165) is 11.1 Å². The summed E-state index contributed by atoms with van der Waals surface area (Å²) >= 11 is 0. The van der Waals surface area contributed by atoms with Crippen molar-refractivity contribution in [3.8, 4) is 0 Å². The highest BCUT2D eigenvalue weighted by atomic mass is 35.5. The van der Waals surface area contributed by atoms with Crippen LogP contribution in [0, 0.1) is 13.8 Å². The van der Waals surface area contributed by atoms with E-state index in [1.807, 2.05) is 6.07 Å². The largest absolute Gasteiger partial charge is 0.358 e. The number of fused-ring (bicyclic) bond motifs is 1. The third-order valence-corrected chi connectivity index (χ3v) is 3.23. The number of carbonyl (C=O) groups excluding carboxylic acids is 1. The number of H-pyrrole nitrogens is 1. The number of amides is 1. The number of aromatic nitrogens is 1. The Hall–Kier alpha value is -1.52. The number of halogens is 1. The first-order valence-corrected chi connectivity index (χ1v) is 6.16. The maximum Gasteiger partial charge on any atom is 0.221 e. The van der Waals surface area contributed by atoms with Gasteiger partial charge in [-0.25, -0.2) is 0 Å². The number of hydrogen-bond acceptors (Lipinski definition) is 2. The Morgan fingerprint density at radius 1 is 1.37 bits per heavy atom. The fourth-order valence-corrected chi connectivity index (χ4v) is 2.04. The molecule has 4 N–H and O–H groups in total. The molecule has 2 rings (SSSR count). The van der Waals surface area contributed by atoms with Crippen LogP contribution >= 0.6 is 12.4 Å². The molecule has 0 radical (unpaired) electrons. The molecule has 1 aromatic heterocycles. The zero-order valence-electron chi connectivity index (χ0n) is 11.2. The summed E-state index contributed by atoms with van der Waals surface area (Å²) in [5.41, 5.74) is 10.0. The summed E-state index contributed by atoms with van der Waals surface area (Å²) in [5, 5.41) is 4.08. The molecule has 0 unspecified atom stereocenters. The van der Waals surface area contributed by atoms with Gasteiger partial charge in [-0.3, -0.25) is 4.79 Å². The molecule has 4 nitrogen and oxygen atoms in total. The van der Waals surface area contributed by atoms with Crippen LogP contribution in [0.25, 0.3) is 10.9 Å². The number of benzene rings is 1. The second kappa shape index (κ2) is 6.59. The SMILES string of the molecule is Cc1[nH]c2ccc(CNC(=O)CCN)cc2c1C.Cl. The number of carbonyl (C=O) groups is 1. The van der Waals surface area contributed by atoms with Crippen molar-refractivity contribution >= 4 is 29.2 Å². The summed E-state index contributed by atoms with van der Waals surface area (Å²) in [6, 6.07) is 6.21. The van der Waals surface area contributed by atoms with Gasteiger partial charge in [0.1, 0.15) is 0 Å². The lowest BCUT2D eigenvalue weighted by Gasteiger charge is -2.05. The van der Waals surface area contributed by atoms with Gasteiger partial charge in [0.05, 0.1) is 0 Å². The Morgan fingerprint density at radius 2 is 2.11 bits per heavy atom. The minimum atomic E-state index is -0.000400. The molecule has 0 atom stereocenters. The molecule has 104 valence electrons. The average molecular weight is 282 g/mol. The van der Waals surface area contributed by atoms with Crippen molar-refractivity contribution in [3.05, 3.63) is 35.0 Å². The summed E-state index contributed by atoms with van der Waals surface area (Å²) in [4.78, 5) is 14.7. The average Bonchev–Trinajstić information content (AvgIpc) is 2.63. The molecule has 0 spiro atoms. The van der Waals surface area contributed by atoms with Crippen LogP contribution in [0.4, 0.5) is 0 Å². The van der Waals surface area contributed by atoms with E-state index >= 15 is 0 Å². The Kier molecular flexibility index (Phi) is 5.39. The monoisotopic (exact) mass is 281 g/mol. The van der Waals surface area contributed by atoms with Gasteiger partial charge in [0.15, 0.2) is 0 Å². The van der Waals surface area contributed by atoms with Gasteiger partial charge in [0, 0.05) is 36.1 Å². The van der Waals surface area contributed by atoms with E-state index in [2.05, 4.69) is 36.3 Å². The van der Waals surface area contributed by atoms with E-state index in [9.17, 15) is 4.79 Å². The van der Waals surface area contributed by atoms with Crippen LogP contribution in [-0.4, -0.2) is 17.4 Å². The van der Waals surface area contributed by atoms with Gasteiger partial charge in [0.2, 0.25) is 5.91 Å². The summed E-state index contributed by atoms with van der Waals surface area (Å²) in [5.74, 6) is -0.000400. The van der Waals surface area contributed by atoms with Crippen molar-refractivity contribution < 1.29 is 4.79 Å². The topological polar surface area (TPSA) is 70.9 Å². The maximum atomic E-state index is 11.4. The first kappa shape index (κ1) is 15.5. The summed E-state index contributed by atoms with van der Waals surface area (Å²) < 4.78 is 0. The third kappa shape index (κ3) is 3.49. The van der Waals surface area contributed by atoms with Gasteiger partial charge >= 0.3 is 0 Å². The van der Waals surface area contributed by atoms with Crippen LogP contribution in [0.5, 0.6) is 0 Å². The molecular weight excluding hydrogens is 262 g/mol. The molecule has 19 heavy (non-hydrogen) atoms. The van der Waals surface area contributed by atoms with Crippen LogP contribution in [-0.2, 0) is 11.3 Å². The molecule has 0 fully saturated rings. The zero-order valence-corrected chi connectivity index (χ0v) is 12.1. The lowest BCUT2D eigenvalue weighted by molar-refractivity contribution is -0.121. The molecule has 0 saturated carbocycles. The van der Waals surface area contributed by atoms with Gasteiger partial charge in [-0.15, -0.1) is 12.4 Å². The summed E-state index contributed by atoms with van der Waals surface area (Å²) in [6.45, 7) is 5.11. The number of aryl methyl sites for hydroxylation is 2. The lowest BCUT2D eigenvalue weighted by Crippen LogP contribution is -2.24. The van der Waals surface area contributed by atoms with E-state index in [1.165, 1.54) is 16.6 Å². The second-order valence-corrected chi connectivity index (χ2v) is 4.57. The molecule has 0 aliphatic carbocycles. The predicted molar refractivity (Wildman–Crippen MR) is 80.5 cm³/mol. The highest BCUT2D eigenvalue weighted by Crippen LogP contribution is 2.22. The maximum absolute atomic E-state index is 11.4. The smallest absolute Gasteiger partial charge is 0.221 e. The Labute approximate surface area is 119 Å². The van der Waals surface area contributed by atoms with Gasteiger partial charge in [-0.2, -0.15) is 0 Å². The van der Waals surface area contributed by atoms with Gasteiger partial charge in [-0.05, 0) is 37.1 Å². The number of nitrogens with two attached hydrogens (primary N) is 1. The molecule has 1 heterocycles. The van der Waals surface area contributed by atoms with E-state index in [4.69, 9.17) is 5.73 Å². The molecule has 0 bridgehead atoms. The van der Waals surface area contributed by atoms with E-state index in [1.54, 1.807) is 0 Å². The molecule has 2 aromatic rings. The Balaban J connectivity index is 0.00000180.